The largest absolute Gasteiger partial charge is 2.00 e. The molecule has 0 radical (unpaired) electrons. The first kappa shape index (κ1) is 12.3. The number of hydrogen-bond acceptors (Lipinski definition) is 1. The Labute approximate surface area is 88.2 Å². The molecule has 48 valence electrons. The van der Waals surface area contributed by atoms with Gasteiger partial charge in [-0.15, -0.1) is 0 Å². The van der Waals surface area contributed by atoms with Crippen LogP contribution in [-0.4, -0.2) is 55.8 Å². The van der Waals surface area contributed by atoms with E-state index in [0.717, 1.165) is 0 Å². The predicted octanol–water partition coefficient (Wildman–Crippen LogP) is 0.814. The summed E-state index contributed by atoms with van der Waals surface area (Å²) in [6.07, 6.45) is 0. The summed E-state index contributed by atoms with van der Waals surface area (Å²) in [6.45, 7) is 8.86. The Hall–Kier alpha value is 1.65. The Morgan fingerprint density at radius 3 is 1.75 bits per heavy atom. The van der Waals surface area contributed by atoms with E-state index >= 15 is 0 Å². The summed E-state index contributed by atoms with van der Waals surface area (Å²) < 4.78 is 5.51. The second-order valence-electron chi connectivity index (χ2n) is 2.55. The van der Waals surface area contributed by atoms with Crippen LogP contribution in [-0.2, 0) is 4.12 Å². The molecule has 0 unspecified atom stereocenters. The Balaban J connectivity index is -0.0000000600. The quantitative estimate of drug-likeness (QED) is 0.566. The van der Waals surface area contributed by atoms with Crippen molar-refractivity contribution in [1.29, 1.82) is 0 Å². The molecule has 1 nitrogen and oxygen atoms in total. The molecule has 0 fully saturated rings. The summed E-state index contributed by atoms with van der Waals surface area (Å²) in [6, 6.07) is 0. The molecule has 0 heterocycles. The Morgan fingerprint density at radius 2 is 1.75 bits per heavy atom. The number of rotatable bonds is 2. The molecule has 0 aliphatic rings. The minimum absolute atomic E-state index is 0. The summed E-state index contributed by atoms with van der Waals surface area (Å²) in [5, 5.41) is 0. The van der Waals surface area contributed by atoms with E-state index in [1.807, 2.05) is 0 Å². The van der Waals surface area contributed by atoms with Crippen molar-refractivity contribution in [2.75, 3.05) is 0 Å². The molecule has 0 saturated carbocycles. The van der Waals surface area contributed by atoms with E-state index in [4.69, 9.17) is 4.12 Å². The minimum Gasteiger partial charge on any atom is -1.00 e. The van der Waals surface area contributed by atoms with Crippen molar-refractivity contribution < 1.29 is 6.97 Å². The molecule has 0 aromatic carbocycles. The predicted molar refractivity (Wildman–Crippen MR) is 46.8 cm³/mol. The molecule has 0 rings (SSSR count). The fourth-order valence-electron chi connectivity index (χ4n) is 0.433. The van der Waals surface area contributed by atoms with E-state index in [1.165, 1.54) is 0 Å². The molecule has 0 N–H and O–H groups in total. The van der Waals surface area contributed by atoms with Gasteiger partial charge >= 0.3 is 37.7 Å². The van der Waals surface area contributed by atoms with E-state index in [9.17, 15) is 0 Å². The van der Waals surface area contributed by atoms with Crippen LogP contribution in [0.15, 0.2) is 0 Å². The second-order valence-corrected chi connectivity index (χ2v) is 8.50. The van der Waals surface area contributed by atoms with Crippen LogP contribution in [0.25, 0.3) is 0 Å². The molecular formula is C4H16CaOSi2. The molecule has 0 aromatic heterocycles. The summed E-state index contributed by atoms with van der Waals surface area (Å²) >= 11 is 0. The van der Waals surface area contributed by atoms with E-state index in [1.54, 1.807) is 0 Å². The molecule has 0 saturated heterocycles. The summed E-state index contributed by atoms with van der Waals surface area (Å²) in [5.41, 5.74) is 0. The van der Waals surface area contributed by atoms with Crippen LogP contribution >= 0.6 is 0 Å². The number of hydrogen-bond donors (Lipinski definition) is 0. The SMILES string of the molecule is C[SiH2]O[Si](C)(C)C.[Ca+2].[H-].[H-]. The molecule has 0 atom stereocenters. The van der Waals surface area contributed by atoms with Gasteiger partial charge in [-0.05, 0) is 19.6 Å². The summed E-state index contributed by atoms with van der Waals surface area (Å²) in [7, 11) is -1.22. The van der Waals surface area contributed by atoms with Gasteiger partial charge in [-0.25, -0.2) is 0 Å². The molecule has 4 heteroatoms. The van der Waals surface area contributed by atoms with Crippen LogP contribution in [0, 0.1) is 0 Å². The zero-order valence-electron chi connectivity index (χ0n) is 8.32. The maximum absolute atomic E-state index is 5.51. The van der Waals surface area contributed by atoms with Gasteiger partial charge in [-0.3, -0.25) is 0 Å². The van der Waals surface area contributed by atoms with Gasteiger partial charge in [0.2, 0.25) is 0 Å². The normalized spacial score (nSPS) is 12.0. The van der Waals surface area contributed by atoms with E-state index in [0.29, 0.717) is 0 Å². The van der Waals surface area contributed by atoms with E-state index in [-0.39, 0.29) is 50.4 Å². The van der Waals surface area contributed by atoms with Gasteiger partial charge in [0.25, 0.3) is 0 Å². The zero-order valence-corrected chi connectivity index (χ0v) is 10.9. The van der Waals surface area contributed by atoms with E-state index < -0.39 is 8.32 Å². The van der Waals surface area contributed by atoms with Crippen molar-refractivity contribution in [2.45, 2.75) is 26.2 Å². The zero-order chi connectivity index (χ0) is 5.91. The van der Waals surface area contributed by atoms with Crippen LogP contribution in [0.4, 0.5) is 0 Å². The van der Waals surface area contributed by atoms with Gasteiger partial charge in [0.15, 0.2) is 8.32 Å². The van der Waals surface area contributed by atoms with Crippen molar-refractivity contribution >= 4 is 55.8 Å². The second kappa shape index (κ2) is 5.44. The van der Waals surface area contributed by atoms with Gasteiger partial charge in [0.05, 0.1) is 0 Å². The molecule has 8 heavy (non-hydrogen) atoms. The molecular weight excluding hydrogens is 160 g/mol. The van der Waals surface area contributed by atoms with Crippen LogP contribution in [0.5, 0.6) is 0 Å². The van der Waals surface area contributed by atoms with Crippen molar-refractivity contribution in [3.8, 4) is 0 Å². The van der Waals surface area contributed by atoms with Gasteiger partial charge < -0.3 is 6.97 Å². The minimum atomic E-state index is -1.10. The van der Waals surface area contributed by atoms with Crippen LogP contribution in [0.1, 0.15) is 2.85 Å². The third-order valence-corrected chi connectivity index (χ3v) is 5.20. The molecule has 0 bridgehead atoms. The van der Waals surface area contributed by atoms with Gasteiger partial charge in [-0.1, -0.05) is 6.55 Å². The van der Waals surface area contributed by atoms with Gasteiger partial charge in [0, 0.05) is 0 Å². The van der Waals surface area contributed by atoms with Crippen LogP contribution in [0.2, 0.25) is 26.2 Å². The first-order valence-corrected chi connectivity index (χ1v) is 8.10. The first-order valence-electron chi connectivity index (χ1n) is 2.70. The fraction of sp³-hybridized carbons (Fsp3) is 1.00. The molecule has 0 aromatic rings. The maximum Gasteiger partial charge on any atom is 2.00 e. The average molecular weight is 176 g/mol. The van der Waals surface area contributed by atoms with Gasteiger partial charge in [0.1, 0.15) is 9.76 Å². The molecule has 0 spiro atoms. The van der Waals surface area contributed by atoms with Crippen molar-refractivity contribution in [3.05, 3.63) is 0 Å². The fourth-order valence-corrected chi connectivity index (χ4v) is 3.90. The summed E-state index contributed by atoms with van der Waals surface area (Å²) in [5.74, 6) is 0. The molecule has 0 aliphatic carbocycles. The van der Waals surface area contributed by atoms with Crippen molar-refractivity contribution in [1.82, 2.24) is 0 Å². The standard InChI is InChI=1S/C4H14OSi2.Ca.2H/c1-6-5-7(2,3)4;;;/h6H2,1-4H3;;;/q;+2;2*-1. The third kappa shape index (κ3) is 10.6. The van der Waals surface area contributed by atoms with Crippen LogP contribution in [0.3, 0.4) is 0 Å². The monoisotopic (exact) mass is 176 g/mol. The van der Waals surface area contributed by atoms with E-state index in [2.05, 4.69) is 26.2 Å². The van der Waals surface area contributed by atoms with Crippen LogP contribution < -0.4 is 0 Å². The first-order chi connectivity index (χ1) is 3.06. The van der Waals surface area contributed by atoms with Crippen molar-refractivity contribution in [3.63, 3.8) is 0 Å². The molecule has 0 aliphatic heterocycles. The smallest absolute Gasteiger partial charge is 1.00 e. The maximum atomic E-state index is 5.51. The Bertz CT molecular complexity index is 59.7. The third-order valence-electron chi connectivity index (χ3n) is 0.577. The van der Waals surface area contributed by atoms with Gasteiger partial charge in [-0.2, -0.15) is 0 Å². The Kier molecular flexibility index (Phi) is 8.39. The topological polar surface area (TPSA) is 9.23 Å². The summed E-state index contributed by atoms with van der Waals surface area (Å²) in [4.78, 5) is 0. The van der Waals surface area contributed by atoms with Crippen molar-refractivity contribution in [2.24, 2.45) is 0 Å². The Morgan fingerprint density at radius 1 is 1.38 bits per heavy atom. The molecule has 0 amide bonds. The average Bonchev–Trinajstić information content (AvgIpc) is 1.30.